The van der Waals surface area contributed by atoms with E-state index in [0.29, 0.717) is 17.3 Å². The quantitative estimate of drug-likeness (QED) is 0.367. The van der Waals surface area contributed by atoms with Crippen molar-refractivity contribution in [2.45, 2.75) is 32.9 Å². The summed E-state index contributed by atoms with van der Waals surface area (Å²) in [6.45, 7) is 6.01. The Morgan fingerprint density at radius 2 is 1.71 bits per heavy atom. The smallest absolute Gasteiger partial charge is 0.416 e. The van der Waals surface area contributed by atoms with E-state index < -0.39 is 11.7 Å². The van der Waals surface area contributed by atoms with Crippen LogP contribution in [0.25, 0.3) is 5.69 Å². The van der Waals surface area contributed by atoms with Gasteiger partial charge in [-0.2, -0.15) is 13.2 Å². The zero-order valence-corrected chi connectivity index (χ0v) is 17.4. The monoisotopic (exact) mass is 428 g/mol. The molecule has 31 heavy (non-hydrogen) atoms. The van der Waals surface area contributed by atoms with Crippen LogP contribution in [0.4, 0.5) is 18.9 Å². The highest BCUT2D eigenvalue weighted by Crippen LogP contribution is 2.32. The van der Waals surface area contributed by atoms with Crippen molar-refractivity contribution in [3.8, 4) is 17.3 Å². The summed E-state index contributed by atoms with van der Waals surface area (Å²) in [5.74, 6) is 1.02. The van der Waals surface area contributed by atoms with E-state index in [1.165, 1.54) is 29.7 Å². The fourth-order valence-corrected chi connectivity index (χ4v) is 3.45. The molecule has 0 atom stereocenters. The molecule has 2 heterocycles. The van der Waals surface area contributed by atoms with Crippen molar-refractivity contribution in [3.05, 3.63) is 65.4 Å². The highest BCUT2D eigenvalue weighted by Gasteiger charge is 2.30. The summed E-state index contributed by atoms with van der Waals surface area (Å²) in [5.41, 5.74) is 2.62. The first kappa shape index (κ1) is 21.0. The third-order valence-corrected chi connectivity index (χ3v) is 5.23. The Bertz CT molecular complexity index is 1080. The summed E-state index contributed by atoms with van der Waals surface area (Å²) < 4.78 is 45.6. The second-order valence-electron chi connectivity index (χ2n) is 7.64. The molecule has 5 nitrogen and oxygen atoms in total. The van der Waals surface area contributed by atoms with Crippen LogP contribution in [0.1, 0.15) is 29.5 Å². The van der Waals surface area contributed by atoms with Crippen molar-refractivity contribution in [1.82, 2.24) is 14.7 Å². The lowest BCUT2D eigenvalue weighted by Gasteiger charge is -2.12. The number of hydrogen-bond acceptors (Lipinski definition) is 3. The summed E-state index contributed by atoms with van der Waals surface area (Å²) in [4.78, 5) is 6.83. The molecule has 0 N–H and O–H groups in total. The molecular formula is C23H23F3N4O. The number of aliphatic imine (C=N–C) groups is 1. The number of halogens is 3. The van der Waals surface area contributed by atoms with E-state index in [9.17, 15) is 13.2 Å². The van der Waals surface area contributed by atoms with Gasteiger partial charge in [-0.3, -0.25) is 0 Å². The largest absolute Gasteiger partial charge is 0.437 e. The molecule has 1 aliphatic heterocycles. The third-order valence-electron chi connectivity index (χ3n) is 5.23. The zero-order valence-electron chi connectivity index (χ0n) is 17.4. The van der Waals surface area contributed by atoms with Crippen LogP contribution in [0.3, 0.4) is 0 Å². The van der Waals surface area contributed by atoms with Crippen LogP contribution in [0, 0.1) is 13.8 Å². The average molecular weight is 428 g/mol. The summed E-state index contributed by atoms with van der Waals surface area (Å²) in [7, 11) is 0. The summed E-state index contributed by atoms with van der Waals surface area (Å²) in [6, 6.07) is 10.4. The fourth-order valence-electron chi connectivity index (χ4n) is 3.45. The number of hydrogen-bond donors (Lipinski definition) is 0. The van der Waals surface area contributed by atoms with Crippen LogP contribution in [0.5, 0.6) is 11.6 Å². The van der Waals surface area contributed by atoms with Crippen molar-refractivity contribution < 1.29 is 17.9 Å². The normalized spacial score (nSPS) is 14.5. The molecule has 0 radical (unpaired) electrons. The zero-order chi connectivity index (χ0) is 22.0. The molecule has 0 bridgehead atoms. The Kier molecular flexibility index (Phi) is 5.71. The van der Waals surface area contributed by atoms with Crippen LogP contribution in [-0.2, 0) is 6.18 Å². The van der Waals surface area contributed by atoms with Gasteiger partial charge in [-0.05, 0) is 74.2 Å². The molecule has 1 aliphatic rings. The van der Waals surface area contributed by atoms with Gasteiger partial charge >= 0.3 is 6.18 Å². The van der Waals surface area contributed by atoms with Gasteiger partial charge in [0.05, 0.1) is 23.3 Å². The maximum absolute atomic E-state index is 12.7. The van der Waals surface area contributed by atoms with Crippen LogP contribution < -0.4 is 4.74 Å². The van der Waals surface area contributed by atoms with Crippen molar-refractivity contribution in [2.75, 3.05) is 13.1 Å². The van der Waals surface area contributed by atoms with Gasteiger partial charge in [-0.1, -0.05) is 0 Å². The molecule has 1 aromatic heterocycles. The van der Waals surface area contributed by atoms with Gasteiger partial charge in [0.15, 0.2) is 0 Å². The lowest BCUT2D eigenvalue weighted by molar-refractivity contribution is -0.137. The lowest BCUT2D eigenvalue weighted by Crippen LogP contribution is -2.16. The van der Waals surface area contributed by atoms with E-state index in [4.69, 9.17) is 4.74 Å². The second-order valence-corrected chi connectivity index (χ2v) is 7.64. The standard InChI is InChI=1S/C23H23F3N4O/c1-16-14-21(17(2)13-20(16)27-15-29-10-3-4-11-29)31-22-9-12-30(28-22)19-7-5-18(6-8-19)23(24,25)26/h5-9,12-15H,3-4,10-11H2,1-2H3. The first-order valence-corrected chi connectivity index (χ1v) is 10.1. The van der Waals surface area contributed by atoms with E-state index >= 15 is 0 Å². The van der Waals surface area contributed by atoms with Gasteiger partial charge in [0.1, 0.15) is 5.75 Å². The molecule has 1 fully saturated rings. The Hall–Kier alpha value is -3.29. The van der Waals surface area contributed by atoms with Gasteiger partial charge in [0, 0.05) is 25.4 Å². The van der Waals surface area contributed by atoms with Crippen molar-refractivity contribution >= 4 is 12.0 Å². The molecule has 0 amide bonds. The van der Waals surface area contributed by atoms with E-state index in [2.05, 4.69) is 15.0 Å². The highest BCUT2D eigenvalue weighted by atomic mass is 19.4. The molecule has 1 saturated heterocycles. The summed E-state index contributed by atoms with van der Waals surface area (Å²) >= 11 is 0. The van der Waals surface area contributed by atoms with E-state index in [0.717, 1.165) is 42.0 Å². The molecule has 162 valence electrons. The second kappa shape index (κ2) is 8.45. The van der Waals surface area contributed by atoms with Crippen LogP contribution >= 0.6 is 0 Å². The molecule has 0 spiro atoms. The fraction of sp³-hybridized carbons (Fsp3) is 0.304. The van der Waals surface area contributed by atoms with Crippen molar-refractivity contribution in [1.29, 1.82) is 0 Å². The SMILES string of the molecule is Cc1cc(Oc2ccn(-c3ccc(C(F)(F)F)cc3)n2)c(C)cc1N=CN1CCCC1. The van der Waals surface area contributed by atoms with Crippen molar-refractivity contribution in [2.24, 2.45) is 4.99 Å². The molecule has 0 saturated carbocycles. The first-order chi connectivity index (χ1) is 14.8. The predicted octanol–water partition coefficient (Wildman–Crippen LogP) is 6.06. The van der Waals surface area contributed by atoms with Crippen LogP contribution in [0.15, 0.2) is 53.7 Å². The minimum absolute atomic E-state index is 0.357. The Morgan fingerprint density at radius 1 is 1.00 bits per heavy atom. The van der Waals surface area contributed by atoms with Crippen LogP contribution in [-0.4, -0.2) is 34.1 Å². The lowest BCUT2D eigenvalue weighted by atomic mass is 10.1. The number of ether oxygens (including phenoxy) is 1. The molecule has 3 aromatic rings. The van der Waals surface area contributed by atoms with Gasteiger partial charge < -0.3 is 9.64 Å². The highest BCUT2D eigenvalue weighted by molar-refractivity contribution is 5.65. The first-order valence-electron chi connectivity index (χ1n) is 10.1. The number of aromatic nitrogens is 2. The summed E-state index contributed by atoms with van der Waals surface area (Å²) in [6.07, 6.45) is 1.60. The van der Waals surface area contributed by atoms with Gasteiger partial charge in [-0.15, -0.1) is 5.10 Å². The van der Waals surface area contributed by atoms with E-state index in [1.54, 1.807) is 12.3 Å². The summed E-state index contributed by atoms with van der Waals surface area (Å²) in [5, 5.41) is 4.33. The minimum atomic E-state index is -4.36. The Morgan fingerprint density at radius 3 is 2.39 bits per heavy atom. The van der Waals surface area contributed by atoms with Gasteiger partial charge in [0.25, 0.3) is 0 Å². The molecule has 8 heteroatoms. The molecule has 0 unspecified atom stereocenters. The van der Waals surface area contributed by atoms with E-state index in [1.807, 2.05) is 32.3 Å². The predicted molar refractivity (Wildman–Crippen MR) is 114 cm³/mol. The van der Waals surface area contributed by atoms with Crippen molar-refractivity contribution in [3.63, 3.8) is 0 Å². The maximum atomic E-state index is 12.7. The maximum Gasteiger partial charge on any atom is 0.416 e. The third kappa shape index (κ3) is 4.90. The molecule has 0 aliphatic carbocycles. The Balaban J connectivity index is 1.48. The van der Waals surface area contributed by atoms with Crippen LogP contribution in [0.2, 0.25) is 0 Å². The average Bonchev–Trinajstić information content (AvgIpc) is 3.41. The number of aryl methyl sites for hydroxylation is 2. The number of alkyl halides is 3. The topological polar surface area (TPSA) is 42.6 Å². The minimum Gasteiger partial charge on any atom is -0.437 e. The molecule has 2 aromatic carbocycles. The number of rotatable bonds is 5. The number of nitrogens with zero attached hydrogens (tertiary/aromatic N) is 4. The van der Waals surface area contributed by atoms with Gasteiger partial charge in [0.2, 0.25) is 5.88 Å². The molecular weight excluding hydrogens is 405 g/mol. The van der Waals surface area contributed by atoms with E-state index in [-0.39, 0.29) is 0 Å². The van der Waals surface area contributed by atoms with Gasteiger partial charge in [-0.25, -0.2) is 9.67 Å². The number of likely N-dealkylation sites (tertiary alicyclic amines) is 1. The Labute approximate surface area is 178 Å². The molecule has 4 rings (SSSR count). The number of benzene rings is 2.